The van der Waals surface area contributed by atoms with E-state index in [2.05, 4.69) is 10.4 Å². The van der Waals surface area contributed by atoms with Gasteiger partial charge >= 0.3 is 7.60 Å². The van der Waals surface area contributed by atoms with E-state index in [9.17, 15) is 33.1 Å². The zero-order valence-electron chi connectivity index (χ0n) is 22.8. The zero-order chi connectivity index (χ0) is 29.8. The average Bonchev–Trinajstić information content (AvgIpc) is 3.66. The van der Waals surface area contributed by atoms with Gasteiger partial charge in [-0.1, -0.05) is 6.07 Å². The maximum absolute atomic E-state index is 14.2. The second-order valence-corrected chi connectivity index (χ2v) is 13.7. The third-order valence-corrected chi connectivity index (χ3v) is 10.4. The Hall–Kier alpha value is -3.32. The van der Waals surface area contributed by atoms with Crippen LogP contribution in [0.1, 0.15) is 59.3 Å². The summed E-state index contributed by atoms with van der Waals surface area (Å²) in [6.07, 6.45) is 5.06. The number of nitrogens with zero attached hydrogens (tertiary/aromatic N) is 4. The lowest BCUT2D eigenvalue weighted by molar-refractivity contribution is -0.149. The maximum atomic E-state index is 14.2. The third-order valence-electron chi connectivity index (χ3n) is 8.35. The number of hydrogen-bond acceptors (Lipinski definition) is 7. The maximum Gasteiger partial charge on any atom is 0.363 e. The molecule has 3 saturated heterocycles. The fraction of sp³-hybridized carbons (Fsp3) is 0.481. The summed E-state index contributed by atoms with van der Waals surface area (Å²) in [5, 5.41) is 7.65. The first-order valence-corrected chi connectivity index (χ1v) is 16.3. The second-order valence-electron chi connectivity index (χ2n) is 11.0. The van der Waals surface area contributed by atoms with Gasteiger partial charge in [0.1, 0.15) is 12.1 Å². The van der Waals surface area contributed by atoms with Crippen LogP contribution in [0.25, 0.3) is 10.1 Å². The molecule has 3 aromatic rings. The summed E-state index contributed by atoms with van der Waals surface area (Å²) in [4.78, 5) is 62.5. The van der Waals surface area contributed by atoms with E-state index in [1.54, 1.807) is 27.7 Å². The molecule has 1 aromatic carbocycles. The molecule has 1 unspecified atom stereocenters. The van der Waals surface area contributed by atoms with Gasteiger partial charge in [-0.3, -0.25) is 23.6 Å². The summed E-state index contributed by atoms with van der Waals surface area (Å²) in [5.41, 5.74) is -0.173. The molecule has 0 spiro atoms. The number of ether oxygens (including phenoxy) is 1. The number of thiophene rings is 1. The van der Waals surface area contributed by atoms with Gasteiger partial charge in [0.05, 0.1) is 18.0 Å². The van der Waals surface area contributed by atoms with Gasteiger partial charge in [0, 0.05) is 36.1 Å². The third kappa shape index (κ3) is 5.32. The number of halogens is 1. The Morgan fingerprint density at radius 1 is 1.14 bits per heavy atom. The molecule has 3 N–H and O–H groups in total. The number of alkyl halides is 1. The van der Waals surface area contributed by atoms with Crippen LogP contribution in [0.15, 0.2) is 36.5 Å². The molecule has 3 amide bonds. The van der Waals surface area contributed by atoms with Gasteiger partial charge in [-0.05, 0) is 61.3 Å². The van der Waals surface area contributed by atoms with Crippen molar-refractivity contribution in [3.63, 3.8) is 0 Å². The van der Waals surface area contributed by atoms with Crippen LogP contribution in [-0.2, 0) is 14.2 Å². The van der Waals surface area contributed by atoms with E-state index < -0.39 is 31.5 Å². The SMILES string of the molecule is COc1ccn(C2CN(C(=O)[C@@H]3CC[C@@H]4CCC[C@H](NC(=O)c5cc6cc(C(F)P(=O)(O)O)ccc6s5)C(=O)N43)C2)n1. The predicted molar refractivity (Wildman–Crippen MR) is 151 cm³/mol. The number of methoxy groups -OCH3 is 1. The van der Waals surface area contributed by atoms with Crippen molar-refractivity contribution in [3.05, 3.63) is 47.0 Å². The highest BCUT2D eigenvalue weighted by atomic mass is 32.1. The number of hydrogen-bond donors (Lipinski definition) is 3. The van der Waals surface area contributed by atoms with Crippen molar-refractivity contribution in [2.24, 2.45) is 0 Å². The van der Waals surface area contributed by atoms with E-state index in [-0.39, 0.29) is 29.5 Å². The van der Waals surface area contributed by atoms with Crippen LogP contribution < -0.4 is 10.1 Å². The van der Waals surface area contributed by atoms with Crippen molar-refractivity contribution in [2.45, 2.75) is 62.2 Å². The fourth-order valence-electron chi connectivity index (χ4n) is 6.13. The van der Waals surface area contributed by atoms with E-state index in [0.29, 0.717) is 46.8 Å². The highest BCUT2D eigenvalue weighted by molar-refractivity contribution is 7.51. The molecule has 6 rings (SSSR count). The number of rotatable bonds is 7. The van der Waals surface area contributed by atoms with E-state index in [0.717, 1.165) is 30.6 Å². The summed E-state index contributed by atoms with van der Waals surface area (Å²) in [5.74, 6) is -2.77. The molecular formula is C27H31FN5O7PS. The lowest BCUT2D eigenvalue weighted by Gasteiger charge is -2.42. The Kier molecular flexibility index (Phi) is 7.58. The first kappa shape index (κ1) is 28.8. The summed E-state index contributed by atoms with van der Waals surface area (Å²) in [6, 6.07) is 6.04. The van der Waals surface area contributed by atoms with Gasteiger partial charge < -0.3 is 29.6 Å². The molecule has 3 aliphatic heterocycles. The number of likely N-dealkylation sites (tertiary alicyclic amines) is 1. The molecule has 42 heavy (non-hydrogen) atoms. The molecule has 0 radical (unpaired) electrons. The fourth-order valence-corrected chi connectivity index (χ4v) is 7.62. The van der Waals surface area contributed by atoms with Crippen molar-refractivity contribution < 1.29 is 37.9 Å². The van der Waals surface area contributed by atoms with Crippen molar-refractivity contribution in [1.29, 1.82) is 0 Å². The van der Waals surface area contributed by atoms with Gasteiger partial charge in [0.2, 0.25) is 23.6 Å². The molecule has 0 bridgehead atoms. The molecular weight excluding hydrogens is 588 g/mol. The normalized spacial score (nSPS) is 23.8. The minimum Gasteiger partial charge on any atom is -0.480 e. The van der Waals surface area contributed by atoms with Gasteiger partial charge in [0.25, 0.3) is 5.91 Å². The van der Waals surface area contributed by atoms with Crippen LogP contribution in [-0.4, -0.2) is 85.4 Å². The van der Waals surface area contributed by atoms with Gasteiger partial charge in [-0.15, -0.1) is 16.4 Å². The van der Waals surface area contributed by atoms with E-state index >= 15 is 0 Å². The molecule has 2 aromatic heterocycles. The highest BCUT2D eigenvalue weighted by Crippen LogP contribution is 2.53. The first-order valence-electron chi connectivity index (χ1n) is 13.8. The zero-order valence-corrected chi connectivity index (χ0v) is 24.5. The van der Waals surface area contributed by atoms with Gasteiger partial charge in [-0.25, -0.2) is 4.39 Å². The Morgan fingerprint density at radius 2 is 1.93 bits per heavy atom. The lowest BCUT2D eigenvalue weighted by atomic mass is 10.0. The topological polar surface area (TPSA) is 154 Å². The number of benzene rings is 1. The van der Waals surface area contributed by atoms with Crippen molar-refractivity contribution >= 4 is 46.7 Å². The molecule has 0 saturated carbocycles. The molecule has 0 aliphatic carbocycles. The average molecular weight is 620 g/mol. The van der Waals surface area contributed by atoms with E-state index in [1.807, 2.05) is 6.20 Å². The van der Waals surface area contributed by atoms with E-state index in [4.69, 9.17) is 4.74 Å². The van der Waals surface area contributed by atoms with Crippen molar-refractivity contribution in [3.8, 4) is 5.88 Å². The second kappa shape index (κ2) is 11.1. The highest BCUT2D eigenvalue weighted by Gasteiger charge is 2.47. The Balaban J connectivity index is 1.13. The number of aromatic nitrogens is 2. The summed E-state index contributed by atoms with van der Waals surface area (Å²) >= 11 is 1.14. The van der Waals surface area contributed by atoms with Crippen LogP contribution in [0.4, 0.5) is 4.39 Å². The Bertz CT molecular complexity index is 1580. The Labute approximate surface area is 244 Å². The minimum absolute atomic E-state index is 0.0480. The largest absolute Gasteiger partial charge is 0.480 e. The molecule has 224 valence electrons. The number of nitrogens with one attached hydrogen (secondary N) is 1. The molecule has 4 atom stereocenters. The number of carbonyl (C=O) groups is 3. The van der Waals surface area contributed by atoms with Crippen LogP contribution in [0, 0.1) is 0 Å². The van der Waals surface area contributed by atoms with Crippen LogP contribution in [0.5, 0.6) is 5.88 Å². The molecule has 15 heteroatoms. The van der Waals surface area contributed by atoms with E-state index in [1.165, 1.54) is 24.3 Å². The standard InChI is InChI=1S/C27H31FN5O7PS/c1-40-23-9-10-32(30-23)18-13-31(14-18)27(36)20-7-6-17-3-2-4-19(26(35)33(17)20)29-25(34)22-12-16-11-15(5-8-21(16)42-22)24(28)41(37,38)39/h5,8-12,17-20,24H,2-4,6-7,13-14H2,1H3,(H,29,34)(H2,37,38,39)/t17-,19-,20-,24?/m0/s1. The molecule has 12 nitrogen and oxygen atoms in total. The van der Waals surface area contributed by atoms with Crippen LogP contribution >= 0.6 is 18.9 Å². The van der Waals surface area contributed by atoms with Crippen LogP contribution in [0.2, 0.25) is 0 Å². The van der Waals surface area contributed by atoms with Gasteiger partial charge in [0.15, 0.2) is 0 Å². The minimum atomic E-state index is -4.97. The lowest BCUT2D eigenvalue weighted by Crippen LogP contribution is -2.59. The quantitative estimate of drug-likeness (QED) is 0.341. The number of fused-ring (bicyclic) bond motifs is 2. The summed E-state index contributed by atoms with van der Waals surface area (Å²) in [7, 11) is -3.42. The molecule has 3 aliphatic rings. The van der Waals surface area contributed by atoms with Gasteiger partial charge in [-0.2, -0.15) is 0 Å². The predicted octanol–water partition coefficient (Wildman–Crippen LogP) is 2.98. The molecule has 3 fully saturated rings. The first-order chi connectivity index (χ1) is 20.0. The Morgan fingerprint density at radius 3 is 2.64 bits per heavy atom. The smallest absolute Gasteiger partial charge is 0.363 e. The van der Waals surface area contributed by atoms with Crippen molar-refractivity contribution in [1.82, 2.24) is 24.9 Å². The summed E-state index contributed by atoms with van der Waals surface area (Å²) < 4.78 is 33.1. The molecule has 5 heterocycles. The van der Waals surface area contributed by atoms with Crippen LogP contribution in [0.3, 0.4) is 0 Å². The number of carbonyl (C=O) groups excluding carboxylic acids is 3. The number of amides is 3. The monoisotopic (exact) mass is 619 g/mol. The van der Waals surface area contributed by atoms with Crippen molar-refractivity contribution in [2.75, 3.05) is 20.2 Å². The summed E-state index contributed by atoms with van der Waals surface area (Å²) in [6.45, 7) is 0.996.